The summed E-state index contributed by atoms with van der Waals surface area (Å²) < 4.78 is 5.21. The van der Waals surface area contributed by atoms with Crippen LogP contribution < -0.4 is 10.1 Å². The Morgan fingerprint density at radius 2 is 2.21 bits per heavy atom. The smallest absolute Gasteiger partial charge is 0.252 e. The van der Waals surface area contributed by atoms with Crippen molar-refractivity contribution in [2.24, 2.45) is 0 Å². The van der Waals surface area contributed by atoms with Gasteiger partial charge in [-0.15, -0.1) is 0 Å². The Labute approximate surface area is 90.0 Å². The van der Waals surface area contributed by atoms with Gasteiger partial charge < -0.3 is 15.2 Å². The molecule has 1 aromatic carbocycles. The molecule has 0 aliphatic heterocycles. The van der Waals surface area contributed by atoms with E-state index in [1.807, 2.05) is 0 Å². The Kier molecular flexibility index (Phi) is 3.35. The molecule has 0 spiro atoms. The molecular formula is C9H10BrNO3. The van der Waals surface area contributed by atoms with E-state index in [9.17, 15) is 9.90 Å². The number of phenols is 1. The first kappa shape index (κ1) is 10.8. The molecule has 0 saturated carbocycles. The third-order valence-electron chi connectivity index (χ3n) is 1.77. The summed E-state index contributed by atoms with van der Waals surface area (Å²) in [6, 6.07) is 3.10. The van der Waals surface area contributed by atoms with Crippen molar-refractivity contribution in [2.75, 3.05) is 14.2 Å². The lowest BCUT2D eigenvalue weighted by molar-refractivity contribution is 0.0962. The molecule has 1 aromatic rings. The minimum absolute atomic E-state index is 0.0754. The highest BCUT2D eigenvalue weighted by molar-refractivity contribution is 9.10. The molecule has 0 aliphatic carbocycles. The van der Waals surface area contributed by atoms with E-state index in [-0.39, 0.29) is 11.7 Å². The van der Waals surface area contributed by atoms with Gasteiger partial charge in [-0.2, -0.15) is 0 Å². The van der Waals surface area contributed by atoms with Crippen LogP contribution in [-0.2, 0) is 0 Å². The van der Waals surface area contributed by atoms with E-state index in [4.69, 9.17) is 4.74 Å². The van der Waals surface area contributed by atoms with Crippen LogP contribution in [0, 0.1) is 0 Å². The molecule has 0 aromatic heterocycles. The van der Waals surface area contributed by atoms with E-state index < -0.39 is 0 Å². The Hall–Kier alpha value is -1.23. The number of carbonyl (C=O) groups excluding carboxylic acids is 1. The summed E-state index contributed by atoms with van der Waals surface area (Å²) in [5.74, 6) is -0.0204. The van der Waals surface area contributed by atoms with Crippen LogP contribution in [0.3, 0.4) is 0 Å². The van der Waals surface area contributed by atoms with E-state index in [1.54, 1.807) is 6.07 Å². The van der Waals surface area contributed by atoms with Crippen molar-refractivity contribution in [2.45, 2.75) is 0 Å². The zero-order chi connectivity index (χ0) is 10.7. The van der Waals surface area contributed by atoms with Crippen LogP contribution >= 0.6 is 15.9 Å². The average molecular weight is 260 g/mol. The van der Waals surface area contributed by atoms with Gasteiger partial charge in [0, 0.05) is 7.05 Å². The summed E-state index contributed by atoms with van der Waals surface area (Å²) in [6.45, 7) is 0. The third kappa shape index (κ3) is 1.82. The van der Waals surface area contributed by atoms with Gasteiger partial charge >= 0.3 is 0 Å². The minimum Gasteiger partial charge on any atom is -0.503 e. The van der Waals surface area contributed by atoms with Crippen LogP contribution in [0.4, 0.5) is 0 Å². The van der Waals surface area contributed by atoms with Crippen molar-refractivity contribution >= 4 is 21.8 Å². The van der Waals surface area contributed by atoms with Gasteiger partial charge in [-0.3, -0.25) is 4.79 Å². The quantitative estimate of drug-likeness (QED) is 0.847. The first-order valence-electron chi connectivity index (χ1n) is 3.89. The Balaban J connectivity index is 3.24. The summed E-state index contributed by atoms with van der Waals surface area (Å²) in [4.78, 5) is 11.3. The summed E-state index contributed by atoms with van der Waals surface area (Å²) in [6.07, 6.45) is 0. The molecular weight excluding hydrogens is 250 g/mol. The summed E-state index contributed by atoms with van der Waals surface area (Å²) >= 11 is 3.12. The van der Waals surface area contributed by atoms with Crippen molar-refractivity contribution in [3.8, 4) is 11.5 Å². The molecule has 0 radical (unpaired) electrons. The highest BCUT2D eigenvalue weighted by atomic mass is 79.9. The lowest BCUT2D eigenvalue weighted by atomic mass is 10.2. The topological polar surface area (TPSA) is 58.6 Å². The first-order chi connectivity index (χ1) is 6.61. The molecule has 0 saturated heterocycles. The largest absolute Gasteiger partial charge is 0.503 e. The Morgan fingerprint density at radius 1 is 1.57 bits per heavy atom. The van der Waals surface area contributed by atoms with Crippen LogP contribution in [0.25, 0.3) is 0 Å². The van der Waals surface area contributed by atoms with Crippen molar-refractivity contribution in [1.29, 1.82) is 0 Å². The fourth-order valence-electron chi connectivity index (χ4n) is 1.02. The summed E-state index contributed by atoms with van der Waals surface area (Å²) in [5, 5.41) is 12.0. The number of benzene rings is 1. The van der Waals surface area contributed by atoms with Crippen LogP contribution in [0.2, 0.25) is 0 Å². The van der Waals surface area contributed by atoms with Crippen LogP contribution in [0.5, 0.6) is 11.5 Å². The number of ether oxygens (including phenoxy) is 1. The molecule has 14 heavy (non-hydrogen) atoms. The van der Waals surface area contributed by atoms with Crippen LogP contribution in [0.15, 0.2) is 16.6 Å². The zero-order valence-corrected chi connectivity index (χ0v) is 9.38. The maximum Gasteiger partial charge on any atom is 0.252 e. The van der Waals surface area contributed by atoms with Gasteiger partial charge in [-0.05, 0) is 28.1 Å². The SMILES string of the molecule is CNC(=O)c1ccc(OC)c(O)c1Br. The van der Waals surface area contributed by atoms with Crippen molar-refractivity contribution in [3.63, 3.8) is 0 Å². The molecule has 76 valence electrons. The minimum atomic E-state index is -0.269. The molecule has 1 amide bonds. The number of methoxy groups -OCH3 is 1. The number of nitrogens with one attached hydrogen (secondary N) is 1. The van der Waals surface area contributed by atoms with Crippen LogP contribution in [-0.4, -0.2) is 25.2 Å². The summed E-state index contributed by atoms with van der Waals surface area (Å²) in [5.41, 5.74) is 0.366. The van der Waals surface area contributed by atoms with Crippen LogP contribution in [0.1, 0.15) is 10.4 Å². The van der Waals surface area contributed by atoms with Gasteiger partial charge in [0.15, 0.2) is 11.5 Å². The third-order valence-corrected chi connectivity index (χ3v) is 2.57. The predicted molar refractivity (Wildman–Crippen MR) is 55.7 cm³/mol. The molecule has 1 rings (SSSR count). The Bertz CT molecular complexity index is 365. The normalized spacial score (nSPS) is 9.64. The van der Waals surface area contributed by atoms with E-state index in [0.29, 0.717) is 15.8 Å². The number of aromatic hydroxyl groups is 1. The molecule has 0 heterocycles. The lowest BCUT2D eigenvalue weighted by Crippen LogP contribution is -2.18. The van der Waals surface area contributed by atoms with Crippen molar-refractivity contribution in [3.05, 3.63) is 22.2 Å². The van der Waals surface area contributed by atoms with Gasteiger partial charge in [0.05, 0.1) is 17.1 Å². The molecule has 0 bridgehead atoms. The van der Waals surface area contributed by atoms with E-state index >= 15 is 0 Å². The van der Waals surface area contributed by atoms with Gasteiger partial charge in [-0.1, -0.05) is 0 Å². The number of halogens is 1. The van der Waals surface area contributed by atoms with Gasteiger partial charge in [0.1, 0.15) is 0 Å². The fourth-order valence-corrected chi connectivity index (χ4v) is 1.53. The van der Waals surface area contributed by atoms with Crippen molar-refractivity contribution < 1.29 is 14.6 Å². The maximum absolute atomic E-state index is 11.3. The molecule has 0 fully saturated rings. The summed E-state index contributed by atoms with van der Waals surface area (Å²) in [7, 11) is 2.97. The zero-order valence-electron chi connectivity index (χ0n) is 7.80. The average Bonchev–Trinajstić information content (AvgIpc) is 2.21. The monoisotopic (exact) mass is 259 g/mol. The van der Waals surface area contributed by atoms with Gasteiger partial charge in [0.2, 0.25) is 0 Å². The highest BCUT2D eigenvalue weighted by Crippen LogP contribution is 2.36. The molecule has 5 heteroatoms. The second-order valence-electron chi connectivity index (χ2n) is 2.56. The molecule has 0 aliphatic rings. The lowest BCUT2D eigenvalue weighted by Gasteiger charge is -2.08. The molecule has 2 N–H and O–H groups in total. The number of hydrogen-bond acceptors (Lipinski definition) is 3. The first-order valence-corrected chi connectivity index (χ1v) is 4.68. The molecule has 4 nitrogen and oxygen atoms in total. The number of hydrogen-bond donors (Lipinski definition) is 2. The predicted octanol–water partition coefficient (Wildman–Crippen LogP) is 1.52. The Morgan fingerprint density at radius 3 is 2.71 bits per heavy atom. The van der Waals surface area contributed by atoms with E-state index in [2.05, 4.69) is 21.2 Å². The number of rotatable bonds is 2. The maximum atomic E-state index is 11.3. The van der Waals surface area contributed by atoms with E-state index in [0.717, 1.165) is 0 Å². The second-order valence-corrected chi connectivity index (χ2v) is 3.35. The molecule has 0 unspecified atom stereocenters. The highest BCUT2D eigenvalue weighted by Gasteiger charge is 2.14. The fraction of sp³-hybridized carbons (Fsp3) is 0.222. The van der Waals surface area contributed by atoms with Crippen molar-refractivity contribution in [1.82, 2.24) is 5.32 Å². The number of phenolic OH excluding ortho intramolecular Hbond substituents is 1. The second kappa shape index (κ2) is 4.32. The molecule has 0 atom stereocenters. The number of carbonyl (C=O) groups is 1. The van der Waals surface area contributed by atoms with Gasteiger partial charge in [-0.25, -0.2) is 0 Å². The standard InChI is InChI=1S/C9H10BrNO3/c1-11-9(13)5-3-4-6(14-2)8(12)7(5)10/h3-4,12H,1-2H3,(H,11,13). The van der Waals surface area contributed by atoms with Gasteiger partial charge in [0.25, 0.3) is 5.91 Å². The number of amides is 1. The van der Waals surface area contributed by atoms with E-state index in [1.165, 1.54) is 20.2 Å².